The number of fused-ring (bicyclic) bond motifs is 6. The zero-order chi connectivity index (χ0) is 16.3. The van der Waals surface area contributed by atoms with Crippen LogP contribution in [0.1, 0.15) is 25.8 Å². The molecule has 2 bridgehead atoms. The second kappa shape index (κ2) is 5.49. The van der Waals surface area contributed by atoms with Gasteiger partial charge in [-0.15, -0.1) is 0 Å². The van der Waals surface area contributed by atoms with Crippen molar-refractivity contribution in [2.75, 3.05) is 6.54 Å². The summed E-state index contributed by atoms with van der Waals surface area (Å²) in [6.07, 6.45) is 0.847. The zero-order valence-electron chi connectivity index (χ0n) is 14.1. The van der Waals surface area contributed by atoms with Crippen molar-refractivity contribution in [2.24, 2.45) is 0 Å². The molecule has 4 heterocycles. The van der Waals surface area contributed by atoms with Gasteiger partial charge in [0, 0.05) is 13.1 Å². The van der Waals surface area contributed by atoms with Crippen LogP contribution in [0.4, 0.5) is 0 Å². The molecule has 4 saturated heterocycles. The third kappa shape index (κ3) is 2.49. The van der Waals surface area contributed by atoms with E-state index in [0.29, 0.717) is 0 Å². The molecule has 24 heavy (non-hydrogen) atoms. The Bertz CT molecular complexity index is 610. The molecule has 130 valence electrons. The maximum absolute atomic E-state index is 6.27. The van der Waals surface area contributed by atoms with E-state index in [0.717, 1.165) is 19.5 Å². The van der Waals surface area contributed by atoms with Gasteiger partial charge in [0.05, 0.1) is 24.3 Å². The van der Waals surface area contributed by atoms with E-state index < -0.39 is 5.79 Å². The molecule has 5 rings (SSSR count). The topological polar surface area (TPSA) is 52.2 Å². The molecule has 6 atom stereocenters. The first kappa shape index (κ1) is 15.3. The Labute approximate surface area is 142 Å². The van der Waals surface area contributed by atoms with Crippen LogP contribution in [0.25, 0.3) is 0 Å². The van der Waals surface area contributed by atoms with E-state index in [1.54, 1.807) is 0 Å². The summed E-state index contributed by atoms with van der Waals surface area (Å²) >= 11 is 0. The molecule has 0 saturated carbocycles. The van der Waals surface area contributed by atoms with E-state index in [1.807, 2.05) is 19.9 Å². The van der Waals surface area contributed by atoms with Crippen LogP contribution < -0.4 is 5.32 Å². The Hall–Kier alpha value is -1.02. The van der Waals surface area contributed by atoms with Crippen molar-refractivity contribution in [3.8, 4) is 0 Å². The maximum Gasteiger partial charge on any atom is 0.189 e. The summed E-state index contributed by atoms with van der Waals surface area (Å²) in [5.41, 5.74) is 1.25. The lowest BCUT2D eigenvalue weighted by molar-refractivity contribution is -0.234. The van der Waals surface area contributed by atoms with E-state index in [4.69, 9.17) is 19.0 Å². The largest absolute Gasteiger partial charge is 0.343 e. The molecule has 1 N–H and O–H groups in total. The summed E-state index contributed by atoms with van der Waals surface area (Å²) in [7, 11) is 0. The summed E-state index contributed by atoms with van der Waals surface area (Å²) < 4.78 is 18.3. The first-order chi connectivity index (χ1) is 11.6. The highest BCUT2D eigenvalue weighted by Gasteiger charge is 2.59. The second-order valence-electron chi connectivity index (χ2n) is 7.59. The minimum Gasteiger partial charge on any atom is -0.343 e. The third-order valence-electron chi connectivity index (χ3n) is 5.39. The van der Waals surface area contributed by atoms with Crippen LogP contribution >= 0.6 is 0 Å². The van der Waals surface area contributed by atoms with Crippen molar-refractivity contribution in [1.82, 2.24) is 10.4 Å². The lowest BCUT2D eigenvalue weighted by Crippen LogP contribution is -2.53. The number of hydroxylamine groups is 2. The van der Waals surface area contributed by atoms with Gasteiger partial charge in [0.25, 0.3) is 0 Å². The molecule has 1 aromatic rings. The molecule has 1 aromatic carbocycles. The minimum atomic E-state index is -0.576. The van der Waals surface area contributed by atoms with Gasteiger partial charge in [0.1, 0.15) is 6.10 Å². The molecule has 6 nitrogen and oxygen atoms in total. The summed E-state index contributed by atoms with van der Waals surface area (Å²) in [6, 6.07) is 10.8. The Morgan fingerprint density at radius 3 is 2.83 bits per heavy atom. The Morgan fingerprint density at radius 1 is 1.17 bits per heavy atom. The van der Waals surface area contributed by atoms with Gasteiger partial charge in [0.2, 0.25) is 0 Å². The number of benzene rings is 1. The van der Waals surface area contributed by atoms with E-state index in [9.17, 15) is 0 Å². The number of nitrogens with one attached hydrogen (secondary N) is 1. The van der Waals surface area contributed by atoms with Gasteiger partial charge in [-0.2, -0.15) is 5.06 Å². The second-order valence-corrected chi connectivity index (χ2v) is 7.59. The Morgan fingerprint density at radius 2 is 2.00 bits per heavy atom. The summed E-state index contributed by atoms with van der Waals surface area (Å²) in [5, 5.41) is 5.69. The predicted octanol–water partition coefficient (Wildman–Crippen LogP) is 1.41. The number of hydrogen-bond donors (Lipinski definition) is 1. The summed E-state index contributed by atoms with van der Waals surface area (Å²) in [5.74, 6) is -0.576. The molecule has 0 spiro atoms. The first-order valence-electron chi connectivity index (χ1n) is 8.81. The van der Waals surface area contributed by atoms with Gasteiger partial charge >= 0.3 is 0 Å². The van der Waals surface area contributed by atoms with Gasteiger partial charge in [-0.25, -0.2) is 0 Å². The van der Waals surface area contributed by atoms with Crippen molar-refractivity contribution in [1.29, 1.82) is 0 Å². The van der Waals surface area contributed by atoms with Crippen molar-refractivity contribution in [2.45, 2.75) is 69.3 Å². The Balaban J connectivity index is 1.37. The smallest absolute Gasteiger partial charge is 0.189 e. The molecule has 4 fully saturated rings. The van der Waals surface area contributed by atoms with Crippen LogP contribution in [0, 0.1) is 0 Å². The van der Waals surface area contributed by atoms with Crippen LogP contribution in [0.3, 0.4) is 0 Å². The molecule has 0 aromatic heterocycles. The van der Waals surface area contributed by atoms with Crippen molar-refractivity contribution < 1.29 is 19.0 Å². The van der Waals surface area contributed by atoms with Crippen LogP contribution in [0.5, 0.6) is 0 Å². The molecule has 0 unspecified atom stereocenters. The van der Waals surface area contributed by atoms with Crippen LogP contribution in [-0.2, 0) is 25.6 Å². The van der Waals surface area contributed by atoms with E-state index >= 15 is 0 Å². The monoisotopic (exact) mass is 332 g/mol. The minimum absolute atomic E-state index is 0.0207. The average molecular weight is 332 g/mol. The van der Waals surface area contributed by atoms with Crippen molar-refractivity contribution in [3.05, 3.63) is 35.9 Å². The average Bonchev–Trinajstić information content (AvgIpc) is 3.11. The molecule has 4 aliphatic rings. The fourth-order valence-corrected chi connectivity index (χ4v) is 4.40. The van der Waals surface area contributed by atoms with Crippen LogP contribution in [0.15, 0.2) is 30.3 Å². The van der Waals surface area contributed by atoms with Gasteiger partial charge in [0.15, 0.2) is 12.1 Å². The van der Waals surface area contributed by atoms with Gasteiger partial charge in [-0.1, -0.05) is 30.3 Å². The van der Waals surface area contributed by atoms with Crippen LogP contribution in [-0.4, -0.2) is 54.1 Å². The third-order valence-corrected chi connectivity index (χ3v) is 5.39. The molecule has 0 amide bonds. The van der Waals surface area contributed by atoms with E-state index in [2.05, 4.69) is 34.6 Å². The quantitative estimate of drug-likeness (QED) is 0.884. The van der Waals surface area contributed by atoms with E-state index in [-0.39, 0.29) is 36.7 Å². The Kier molecular flexibility index (Phi) is 3.49. The zero-order valence-corrected chi connectivity index (χ0v) is 14.1. The fourth-order valence-electron chi connectivity index (χ4n) is 4.40. The first-order valence-corrected chi connectivity index (χ1v) is 8.81. The highest BCUT2D eigenvalue weighted by Crippen LogP contribution is 2.42. The maximum atomic E-state index is 6.27. The summed E-state index contributed by atoms with van der Waals surface area (Å²) in [6.45, 7) is 5.48. The molecular formula is C18H24N2O4. The molecule has 6 heteroatoms. The highest BCUT2D eigenvalue weighted by molar-refractivity contribution is 5.15. The van der Waals surface area contributed by atoms with Gasteiger partial charge < -0.3 is 19.5 Å². The molecule has 0 aliphatic carbocycles. The number of nitrogens with zero attached hydrogens (tertiary/aromatic N) is 1. The lowest BCUT2D eigenvalue weighted by Gasteiger charge is -2.33. The molecular weight excluding hydrogens is 308 g/mol. The number of ether oxygens (including phenoxy) is 3. The standard InChI is InChI=1S/C18H24N2O4/c1-18(2)22-16-14-15(21-17(16)23-18)13-8-12(9-19-14)24-20(13)10-11-6-4-3-5-7-11/h3-7,12-17,19H,8-10H2,1-2H3/t12-,13+,14-,15-,16+,17+/m0/s1. The lowest BCUT2D eigenvalue weighted by atomic mass is 9.99. The van der Waals surface area contributed by atoms with Gasteiger partial charge in [-0.05, 0) is 25.8 Å². The van der Waals surface area contributed by atoms with Crippen molar-refractivity contribution in [3.63, 3.8) is 0 Å². The summed E-state index contributed by atoms with van der Waals surface area (Å²) in [4.78, 5) is 6.15. The fraction of sp³-hybridized carbons (Fsp3) is 0.667. The number of hydrogen-bond acceptors (Lipinski definition) is 6. The SMILES string of the molecule is CC1(C)O[C@H]2O[C@@H]3[C@H](NC[C@@H]4C[C@H]3N(Cc3ccccc3)O4)[C@H]2O1. The number of rotatable bonds is 2. The molecule has 0 radical (unpaired) electrons. The molecule has 4 aliphatic heterocycles. The normalized spacial score (nSPS) is 43.4. The van der Waals surface area contributed by atoms with Crippen molar-refractivity contribution >= 4 is 0 Å². The highest BCUT2D eigenvalue weighted by atomic mass is 16.8. The van der Waals surface area contributed by atoms with E-state index in [1.165, 1.54) is 5.56 Å². The van der Waals surface area contributed by atoms with Crippen LogP contribution in [0.2, 0.25) is 0 Å². The predicted molar refractivity (Wildman–Crippen MR) is 85.8 cm³/mol. The van der Waals surface area contributed by atoms with Gasteiger partial charge in [-0.3, -0.25) is 4.84 Å².